The first-order valence-corrected chi connectivity index (χ1v) is 9.88. The summed E-state index contributed by atoms with van der Waals surface area (Å²) >= 11 is 0. The number of carbonyl (C=O) groups excluding carboxylic acids is 2. The van der Waals surface area contributed by atoms with E-state index in [1.165, 1.54) is 0 Å². The molecule has 1 aromatic heterocycles. The summed E-state index contributed by atoms with van der Waals surface area (Å²) in [6.07, 6.45) is 4.88. The van der Waals surface area contributed by atoms with Crippen LogP contribution in [0.15, 0.2) is 48.8 Å². The first-order chi connectivity index (χ1) is 14.0. The molecule has 0 bridgehead atoms. The van der Waals surface area contributed by atoms with Crippen LogP contribution in [0.5, 0.6) is 0 Å². The molecule has 6 heteroatoms. The fraction of sp³-hybridized carbons (Fsp3) is 0.391. The number of piperidine rings is 1. The average Bonchev–Trinajstić information content (AvgIpc) is 2.74. The molecule has 1 fully saturated rings. The molecule has 0 aliphatic carbocycles. The molecule has 3 rings (SSSR count). The summed E-state index contributed by atoms with van der Waals surface area (Å²) < 4.78 is 0. The van der Waals surface area contributed by atoms with E-state index in [0.717, 1.165) is 5.56 Å². The number of likely N-dealkylation sites (tertiary alicyclic amines) is 1. The van der Waals surface area contributed by atoms with E-state index >= 15 is 0 Å². The van der Waals surface area contributed by atoms with Gasteiger partial charge in [-0.05, 0) is 49.1 Å². The SMILES string of the molecule is CC(CC(=O)c1ccc(C#N)cc1)C(=O)N1CC[C@@H](O)CC1Cc1ccncc1. The van der Waals surface area contributed by atoms with Gasteiger partial charge in [-0.3, -0.25) is 14.6 Å². The number of aromatic nitrogens is 1. The van der Waals surface area contributed by atoms with Crippen LogP contribution in [0.2, 0.25) is 0 Å². The Morgan fingerprint density at radius 3 is 2.59 bits per heavy atom. The summed E-state index contributed by atoms with van der Waals surface area (Å²) in [5, 5.41) is 19.0. The van der Waals surface area contributed by atoms with Crippen molar-refractivity contribution in [1.29, 1.82) is 5.26 Å². The summed E-state index contributed by atoms with van der Waals surface area (Å²) in [6, 6.07) is 12.2. The number of pyridine rings is 1. The van der Waals surface area contributed by atoms with Crippen molar-refractivity contribution in [2.75, 3.05) is 6.54 Å². The summed E-state index contributed by atoms with van der Waals surface area (Å²) in [5.41, 5.74) is 2.07. The predicted octanol–water partition coefficient (Wildman–Crippen LogP) is 2.76. The van der Waals surface area contributed by atoms with Crippen molar-refractivity contribution < 1.29 is 14.7 Å². The molecule has 29 heavy (non-hydrogen) atoms. The van der Waals surface area contributed by atoms with Gasteiger partial charge in [0.05, 0.1) is 17.7 Å². The smallest absolute Gasteiger partial charge is 0.226 e. The quantitative estimate of drug-likeness (QED) is 0.764. The zero-order chi connectivity index (χ0) is 20.8. The molecule has 1 aliphatic heterocycles. The maximum absolute atomic E-state index is 13.1. The molecule has 0 spiro atoms. The van der Waals surface area contributed by atoms with Crippen LogP contribution < -0.4 is 0 Å². The van der Waals surface area contributed by atoms with Crippen LogP contribution in [0.1, 0.15) is 47.7 Å². The number of aliphatic hydroxyl groups excluding tert-OH is 1. The van der Waals surface area contributed by atoms with Gasteiger partial charge in [0.1, 0.15) is 0 Å². The van der Waals surface area contributed by atoms with Crippen LogP contribution in [-0.2, 0) is 11.2 Å². The molecule has 3 atom stereocenters. The second kappa shape index (κ2) is 9.44. The van der Waals surface area contributed by atoms with Crippen LogP contribution in [0.25, 0.3) is 0 Å². The van der Waals surface area contributed by atoms with Gasteiger partial charge in [0, 0.05) is 42.9 Å². The minimum atomic E-state index is -0.451. The Kier molecular flexibility index (Phi) is 6.73. The summed E-state index contributed by atoms with van der Waals surface area (Å²) in [7, 11) is 0. The van der Waals surface area contributed by atoms with E-state index in [9.17, 15) is 14.7 Å². The second-order valence-electron chi connectivity index (χ2n) is 7.64. The highest BCUT2D eigenvalue weighted by Crippen LogP contribution is 2.24. The van der Waals surface area contributed by atoms with Crippen molar-refractivity contribution in [3.05, 3.63) is 65.5 Å². The third kappa shape index (κ3) is 5.27. The summed E-state index contributed by atoms with van der Waals surface area (Å²) in [4.78, 5) is 31.5. The van der Waals surface area contributed by atoms with Crippen molar-refractivity contribution in [3.63, 3.8) is 0 Å². The highest BCUT2D eigenvalue weighted by atomic mass is 16.3. The van der Waals surface area contributed by atoms with Gasteiger partial charge < -0.3 is 10.0 Å². The highest BCUT2D eigenvalue weighted by molar-refractivity contribution is 5.98. The lowest BCUT2D eigenvalue weighted by molar-refractivity contribution is -0.140. The lowest BCUT2D eigenvalue weighted by Crippen LogP contribution is -2.50. The fourth-order valence-electron chi connectivity index (χ4n) is 3.80. The molecule has 150 valence electrons. The van der Waals surface area contributed by atoms with E-state index in [2.05, 4.69) is 4.98 Å². The number of nitrogens with zero attached hydrogens (tertiary/aromatic N) is 3. The van der Waals surface area contributed by atoms with Crippen LogP contribution >= 0.6 is 0 Å². The molecular formula is C23H25N3O3. The Hall–Kier alpha value is -3.04. The van der Waals surface area contributed by atoms with Gasteiger partial charge in [0.15, 0.2) is 5.78 Å². The maximum atomic E-state index is 13.1. The van der Waals surface area contributed by atoms with Crippen LogP contribution in [-0.4, -0.2) is 45.4 Å². The number of ketones is 1. The van der Waals surface area contributed by atoms with Gasteiger partial charge >= 0.3 is 0 Å². The average molecular weight is 391 g/mol. The Bertz CT molecular complexity index is 890. The molecule has 1 aromatic carbocycles. The van der Waals surface area contributed by atoms with Crippen molar-refractivity contribution in [2.45, 2.75) is 44.8 Å². The molecular weight excluding hydrogens is 366 g/mol. The van der Waals surface area contributed by atoms with E-state index in [1.54, 1.807) is 43.6 Å². The zero-order valence-corrected chi connectivity index (χ0v) is 16.5. The van der Waals surface area contributed by atoms with Gasteiger partial charge in [-0.15, -0.1) is 0 Å². The molecule has 2 aromatic rings. The van der Waals surface area contributed by atoms with Crippen LogP contribution in [0.3, 0.4) is 0 Å². The Balaban J connectivity index is 1.67. The molecule has 6 nitrogen and oxygen atoms in total. The van der Waals surface area contributed by atoms with E-state index < -0.39 is 12.0 Å². The monoisotopic (exact) mass is 391 g/mol. The second-order valence-corrected chi connectivity index (χ2v) is 7.64. The van der Waals surface area contributed by atoms with Gasteiger partial charge in [0.25, 0.3) is 0 Å². The standard InChI is InChI=1S/C23H25N3O3/c1-16(12-22(28)19-4-2-18(15-24)3-5-19)23(29)26-11-8-21(27)14-20(26)13-17-6-9-25-10-7-17/h2-7,9-10,16,20-21,27H,8,11-14H2,1H3/t16?,20?,21-/m1/s1. The molecule has 2 heterocycles. The van der Waals surface area contributed by atoms with Crippen molar-refractivity contribution >= 4 is 11.7 Å². The Labute approximate surface area is 170 Å². The molecule has 1 aliphatic rings. The third-order valence-corrected chi connectivity index (χ3v) is 5.44. The van der Waals surface area contributed by atoms with Gasteiger partial charge in [0.2, 0.25) is 5.91 Å². The van der Waals surface area contributed by atoms with Crippen LogP contribution in [0.4, 0.5) is 0 Å². The Morgan fingerprint density at radius 1 is 1.24 bits per heavy atom. The number of Topliss-reactive ketones (excluding diaryl/α,β-unsaturated/α-hetero) is 1. The van der Waals surface area contributed by atoms with E-state index in [4.69, 9.17) is 5.26 Å². The molecule has 0 radical (unpaired) electrons. The summed E-state index contributed by atoms with van der Waals surface area (Å²) in [5.74, 6) is -0.621. The number of aliphatic hydroxyl groups is 1. The number of hydrogen-bond acceptors (Lipinski definition) is 5. The topological polar surface area (TPSA) is 94.3 Å². The molecule has 2 unspecified atom stereocenters. The van der Waals surface area contributed by atoms with Gasteiger partial charge in [-0.25, -0.2) is 0 Å². The molecule has 0 saturated carbocycles. The van der Waals surface area contributed by atoms with E-state index in [0.29, 0.717) is 36.9 Å². The fourth-order valence-corrected chi connectivity index (χ4v) is 3.80. The molecule has 1 N–H and O–H groups in total. The number of rotatable bonds is 6. The van der Waals surface area contributed by atoms with Crippen molar-refractivity contribution in [2.24, 2.45) is 5.92 Å². The molecule has 1 amide bonds. The normalized spacial score (nSPS) is 20.0. The minimum absolute atomic E-state index is 0.0575. The third-order valence-electron chi connectivity index (χ3n) is 5.44. The number of carbonyl (C=O) groups is 2. The Morgan fingerprint density at radius 2 is 1.93 bits per heavy atom. The van der Waals surface area contributed by atoms with E-state index in [1.807, 2.05) is 23.1 Å². The number of benzene rings is 1. The maximum Gasteiger partial charge on any atom is 0.226 e. The van der Waals surface area contributed by atoms with E-state index in [-0.39, 0.29) is 24.2 Å². The van der Waals surface area contributed by atoms with Gasteiger partial charge in [-0.2, -0.15) is 5.26 Å². The highest BCUT2D eigenvalue weighted by Gasteiger charge is 2.33. The predicted molar refractivity (Wildman–Crippen MR) is 108 cm³/mol. The number of nitriles is 1. The number of amides is 1. The largest absolute Gasteiger partial charge is 0.393 e. The molecule has 1 saturated heterocycles. The number of hydrogen-bond donors (Lipinski definition) is 1. The van der Waals surface area contributed by atoms with Crippen LogP contribution in [0, 0.1) is 17.2 Å². The minimum Gasteiger partial charge on any atom is -0.393 e. The van der Waals surface area contributed by atoms with Crippen molar-refractivity contribution in [1.82, 2.24) is 9.88 Å². The summed E-state index contributed by atoms with van der Waals surface area (Å²) in [6.45, 7) is 2.27. The zero-order valence-electron chi connectivity index (χ0n) is 16.5. The van der Waals surface area contributed by atoms with Crippen molar-refractivity contribution in [3.8, 4) is 6.07 Å². The lowest BCUT2D eigenvalue weighted by atomic mass is 9.91. The lowest BCUT2D eigenvalue weighted by Gasteiger charge is -2.39. The first-order valence-electron chi connectivity index (χ1n) is 9.88. The first kappa shape index (κ1) is 20.7. The van der Waals surface area contributed by atoms with Gasteiger partial charge in [-0.1, -0.05) is 19.1 Å².